The van der Waals surface area contributed by atoms with Gasteiger partial charge in [0.2, 0.25) is 0 Å². The fourth-order valence-electron chi connectivity index (χ4n) is 15.1. The number of fused-ring (bicyclic) bond motifs is 9. The predicted molar refractivity (Wildman–Crippen MR) is 437 cm³/mol. The van der Waals surface area contributed by atoms with Crippen LogP contribution in [0.1, 0.15) is 49.9 Å². The third-order valence-electron chi connectivity index (χ3n) is 20.2. The van der Waals surface area contributed by atoms with E-state index in [1.807, 2.05) is 60.7 Å². The Kier molecular flexibility index (Phi) is 19.2. The molecule has 2 aliphatic carbocycles. The minimum atomic E-state index is -0.375. The number of para-hydroxylation sites is 2. The van der Waals surface area contributed by atoms with Gasteiger partial charge >= 0.3 is 26.2 Å². The molecule has 1 unspecified atom stereocenters. The second-order valence-corrected chi connectivity index (χ2v) is 27.8. The van der Waals surface area contributed by atoms with Crippen molar-refractivity contribution in [2.24, 2.45) is 0 Å². The van der Waals surface area contributed by atoms with Crippen molar-refractivity contribution in [3.8, 4) is 107 Å². The SMILES string of the molecule is CC1(C)c2ccccc2-c2ccc(-c3cccc(-c4cccc(-c5nc(-c6ccccc6)nc(-c6ccccc6)n5)c4)c3)cc21.CC1(C)c2ccccc2-c2ccc(N(c3ccc(-c4ccccc4)cc3)c3ccc(-c4ccc5c(c4)c4ccccc4n5-c4ccccc4)cc3)cc21.[B]PCF.[BiH2]. The Balaban J connectivity index is 0.000000158. The molecule has 0 amide bonds. The molecule has 0 saturated heterocycles. The average Bonchev–Trinajstić information content (AvgIpc) is 1.60. The van der Waals surface area contributed by atoms with Crippen LogP contribution in [0.5, 0.6) is 0 Å². The molecule has 495 valence electrons. The minimum absolute atomic E-state index is 0. The summed E-state index contributed by atoms with van der Waals surface area (Å²) in [4.78, 5) is 17.1. The average molecular weight is 1540 g/mol. The summed E-state index contributed by atoms with van der Waals surface area (Å²) in [6.45, 7) is 9.36. The van der Waals surface area contributed by atoms with E-state index in [0.29, 0.717) is 17.5 Å². The standard InChI is InChI=1S/C51H38N2.C42H31N3.CH3BFP.Bi.2H/c1-51(2)47-19-11-9-17-43(47)44-31-30-42(34-48(44)51)52(40-26-21-36(22-27-40)35-13-5-3-6-14-35)41-28-23-37(24-29-41)38-25-32-50-46(33-38)45-18-10-12-20-49(45)53(50)39-15-7-4-8-16-39;1-42(2)37-22-10-9-21-35(37)36-24-23-33(27-38(36)42)31-18-11-17-30(25-31)32-19-12-20-34(26-32)41-44-39(28-13-5-3-6-14-28)43-40(45-41)29-15-7-4-8-16-29;2-4-1-3;;;/h3-34H,1-2H3;3-27H,1-2H3;4H,1H2;;;. The fourth-order valence-corrected chi connectivity index (χ4v) is 15.1. The Morgan fingerprint density at radius 1 is 0.311 bits per heavy atom. The van der Waals surface area contributed by atoms with E-state index in [9.17, 15) is 4.39 Å². The summed E-state index contributed by atoms with van der Waals surface area (Å²) >= 11 is 0. The number of benzene rings is 14. The molecular weight excluding hydrogens is 1470 g/mol. The second kappa shape index (κ2) is 29.2. The molecule has 0 N–H and O–H groups in total. The molecule has 16 aromatic rings. The molecule has 14 aromatic carbocycles. The van der Waals surface area contributed by atoms with Gasteiger partial charge in [0.05, 0.1) is 17.4 Å². The van der Waals surface area contributed by atoms with Gasteiger partial charge in [-0.3, -0.25) is 0 Å². The summed E-state index contributed by atoms with van der Waals surface area (Å²) in [6.07, 6.45) is -0.375. The number of nitrogens with zero attached hydrogens (tertiary/aromatic N) is 5. The van der Waals surface area contributed by atoms with Crippen molar-refractivity contribution in [1.29, 1.82) is 0 Å². The van der Waals surface area contributed by atoms with Crippen LogP contribution in [0.2, 0.25) is 0 Å². The molecular formula is C94H74BBiFN5P. The van der Waals surface area contributed by atoms with Gasteiger partial charge in [-0.2, -0.15) is 0 Å². The third kappa shape index (κ3) is 13.2. The summed E-state index contributed by atoms with van der Waals surface area (Å²) in [7, 11) is 4.65. The van der Waals surface area contributed by atoms with Crippen LogP contribution in [0.25, 0.3) is 128 Å². The van der Waals surface area contributed by atoms with E-state index in [4.69, 9.17) is 15.0 Å². The summed E-state index contributed by atoms with van der Waals surface area (Å²) in [6, 6.07) is 124. The number of halogens is 1. The van der Waals surface area contributed by atoms with E-state index < -0.39 is 0 Å². The van der Waals surface area contributed by atoms with E-state index in [1.165, 1.54) is 105 Å². The van der Waals surface area contributed by atoms with Gasteiger partial charge in [0.25, 0.3) is 0 Å². The topological polar surface area (TPSA) is 46.8 Å². The molecule has 1 atom stereocenters. The van der Waals surface area contributed by atoms with Gasteiger partial charge in [0.1, 0.15) is 7.57 Å². The fraction of sp³-hybridized carbons (Fsp3) is 0.0745. The molecule has 9 heteroatoms. The maximum atomic E-state index is 10.6. The first-order valence-electron chi connectivity index (χ1n) is 34.7. The monoisotopic (exact) mass is 1540 g/mol. The normalized spacial score (nSPS) is 12.6. The summed E-state index contributed by atoms with van der Waals surface area (Å²) in [5, 5.41) is 2.52. The molecule has 0 spiro atoms. The Hall–Kier alpha value is -11.0. The van der Waals surface area contributed by atoms with Crippen LogP contribution in [-0.2, 0) is 10.8 Å². The van der Waals surface area contributed by atoms with Crippen molar-refractivity contribution in [2.75, 3.05) is 11.3 Å². The molecule has 0 bridgehead atoms. The van der Waals surface area contributed by atoms with Crippen LogP contribution in [0, 0.1) is 0 Å². The number of hydrogen-bond acceptors (Lipinski definition) is 4. The Bertz CT molecular complexity index is 5670. The quantitative estimate of drug-likeness (QED) is 0.0903. The van der Waals surface area contributed by atoms with Gasteiger partial charge in [-0.25, -0.2) is 19.3 Å². The van der Waals surface area contributed by atoms with Gasteiger partial charge in [0.15, 0.2) is 17.5 Å². The zero-order chi connectivity index (χ0) is 69.3. The first-order chi connectivity index (χ1) is 50.0. The molecule has 5 nitrogen and oxygen atoms in total. The third-order valence-corrected chi connectivity index (χ3v) is 20.4. The molecule has 0 fully saturated rings. The first-order valence-corrected chi connectivity index (χ1v) is 36.0. The van der Waals surface area contributed by atoms with E-state index in [0.717, 1.165) is 44.9 Å². The number of anilines is 3. The van der Waals surface area contributed by atoms with Gasteiger partial charge in [-0.1, -0.05) is 289 Å². The van der Waals surface area contributed by atoms with E-state index in [1.54, 1.807) is 0 Å². The molecule has 3 radical (unpaired) electrons. The Morgan fingerprint density at radius 3 is 1.20 bits per heavy atom. The van der Waals surface area contributed by atoms with E-state index in [2.05, 4.69) is 330 Å². The van der Waals surface area contributed by atoms with Crippen LogP contribution >= 0.6 is 8.46 Å². The Morgan fingerprint density at radius 2 is 0.660 bits per heavy atom. The zero-order valence-corrected chi connectivity index (χ0v) is 63.4. The van der Waals surface area contributed by atoms with Crippen LogP contribution in [0.4, 0.5) is 21.5 Å². The molecule has 18 rings (SSSR count). The maximum absolute atomic E-state index is 10.6. The number of aromatic nitrogens is 4. The van der Waals surface area contributed by atoms with Crippen molar-refractivity contribution < 1.29 is 4.39 Å². The van der Waals surface area contributed by atoms with Crippen LogP contribution < -0.4 is 4.90 Å². The van der Waals surface area contributed by atoms with Crippen molar-refractivity contribution in [2.45, 2.75) is 38.5 Å². The summed E-state index contributed by atoms with van der Waals surface area (Å²) in [5.41, 5.74) is 30.2. The number of rotatable bonds is 12. The summed E-state index contributed by atoms with van der Waals surface area (Å²) < 4.78 is 13.0. The summed E-state index contributed by atoms with van der Waals surface area (Å²) in [5.74, 6) is 1.98. The van der Waals surface area contributed by atoms with Gasteiger partial charge in [-0.05, 0) is 174 Å². The molecule has 2 aliphatic rings. The molecule has 103 heavy (non-hydrogen) atoms. The second-order valence-electron chi connectivity index (χ2n) is 27.1. The molecule has 2 heterocycles. The Labute approximate surface area is 624 Å². The zero-order valence-electron chi connectivity index (χ0n) is 57.9. The van der Waals surface area contributed by atoms with Crippen molar-refractivity contribution in [1.82, 2.24) is 19.5 Å². The molecule has 0 aliphatic heterocycles. The van der Waals surface area contributed by atoms with E-state index >= 15 is 0 Å². The van der Waals surface area contributed by atoms with Crippen LogP contribution in [0.3, 0.4) is 0 Å². The van der Waals surface area contributed by atoms with Gasteiger partial charge in [-0.15, -0.1) is 8.46 Å². The van der Waals surface area contributed by atoms with Gasteiger partial charge in [0, 0.05) is 61.0 Å². The number of alkyl halides is 1. The van der Waals surface area contributed by atoms with E-state index in [-0.39, 0.29) is 51.9 Å². The van der Waals surface area contributed by atoms with Crippen LogP contribution in [-0.4, -0.2) is 59.7 Å². The predicted octanol–water partition coefficient (Wildman–Crippen LogP) is 24.2. The van der Waals surface area contributed by atoms with Crippen molar-refractivity contribution in [3.63, 3.8) is 0 Å². The first kappa shape index (κ1) is 67.8. The van der Waals surface area contributed by atoms with Crippen molar-refractivity contribution >= 4 is 81.1 Å². The van der Waals surface area contributed by atoms with Crippen molar-refractivity contribution in [3.05, 3.63) is 368 Å². The van der Waals surface area contributed by atoms with Gasteiger partial charge < -0.3 is 9.47 Å². The molecule has 0 saturated carbocycles. The number of hydrogen-bond donors (Lipinski definition) is 0. The molecule has 2 aromatic heterocycles. The van der Waals surface area contributed by atoms with Crippen LogP contribution in [0.15, 0.2) is 346 Å².